The van der Waals surface area contributed by atoms with Crippen LogP contribution in [0.4, 0.5) is 0 Å². The molecule has 5 nitrogen and oxygen atoms in total. The van der Waals surface area contributed by atoms with Crippen LogP contribution in [0.1, 0.15) is 28.8 Å². The van der Waals surface area contributed by atoms with E-state index < -0.39 is 0 Å². The van der Waals surface area contributed by atoms with Gasteiger partial charge in [0.05, 0.1) is 17.3 Å². The molecule has 0 aliphatic carbocycles. The standard InChI is InChI=1S/C16H17N5/c1-10-3-4-12-9-13(5-6-14(12)19-10)16(21-17)15-7-8-18-11(2)20-15/h3-9,16,21H,17H2,1-2H3. The first kappa shape index (κ1) is 13.6. The van der Waals surface area contributed by atoms with E-state index in [-0.39, 0.29) is 6.04 Å². The van der Waals surface area contributed by atoms with E-state index in [4.69, 9.17) is 5.84 Å². The molecule has 1 unspecified atom stereocenters. The average Bonchev–Trinajstić information content (AvgIpc) is 2.48. The van der Waals surface area contributed by atoms with E-state index in [0.717, 1.165) is 33.7 Å². The third-order valence-electron chi connectivity index (χ3n) is 3.45. The maximum atomic E-state index is 5.73. The molecule has 0 amide bonds. The molecule has 0 spiro atoms. The van der Waals surface area contributed by atoms with Gasteiger partial charge < -0.3 is 0 Å². The van der Waals surface area contributed by atoms with Gasteiger partial charge in [0.1, 0.15) is 5.82 Å². The summed E-state index contributed by atoms with van der Waals surface area (Å²) in [6.07, 6.45) is 1.74. The van der Waals surface area contributed by atoms with Crippen LogP contribution in [0.15, 0.2) is 42.6 Å². The number of hydrazine groups is 1. The smallest absolute Gasteiger partial charge is 0.125 e. The van der Waals surface area contributed by atoms with Crippen LogP contribution in [-0.2, 0) is 0 Å². The van der Waals surface area contributed by atoms with E-state index in [1.54, 1.807) is 6.20 Å². The predicted molar refractivity (Wildman–Crippen MR) is 82.4 cm³/mol. The first-order valence-electron chi connectivity index (χ1n) is 6.80. The van der Waals surface area contributed by atoms with Gasteiger partial charge in [0.2, 0.25) is 0 Å². The highest BCUT2D eigenvalue weighted by Gasteiger charge is 2.14. The molecule has 2 aromatic heterocycles. The van der Waals surface area contributed by atoms with Gasteiger partial charge in [-0.05, 0) is 43.7 Å². The third kappa shape index (κ3) is 2.74. The Balaban J connectivity index is 2.06. The minimum atomic E-state index is -0.169. The Kier molecular flexibility index (Phi) is 3.60. The predicted octanol–water partition coefficient (Wildman–Crippen LogP) is 2.19. The number of fused-ring (bicyclic) bond motifs is 1. The van der Waals surface area contributed by atoms with Gasteiger partial charge in [-0.3, -0.25) is 10.8 Å². The molecule has 21 heavy (non-hydrogen) atoms. The van der Waals surface area contributed by atoms with Crippen molar-refractivity contribution < 1.29 is 0 Å². The second-order valence-corrected chi connectivity index (χ2v) is 5.03. The van der Waals surface area contributed by atoms with Crippen LogP contribution in [0.5, 0.6) is 0 Å². The summed E-state index contributed by atoms with van der Waals surface area (Å²) in [7, 11) is 0. The van der Waals surface area contributed by atoms with Crippen molar-refractivity contribution in [2.24, 2.45) is 5.84 Å². The van der Waals surface area contributed by atoms with Gasteiger partial charge in [0, 0.05) is 17.3 Å². The van der Waals surface area contributed by atoms with Crippen molar-refractivity contribution in [1.29, 1.82) is 0 Å². The fourth-order valence-electron chi connectivity index (χ4n) is 2.41. The van der Waals surface area contributed by atoms with Crippen molar-refractivity contribution in [3.63, 3.8) is 0 Å². The third-order valence-corrected chi connectivity index (χ3v) is 3.45. The van der Waals surface area contributed by atoms with E-state index in [0.29, 0.717) is 0 Å². The quantitative estimate of drug-likeness (QED) is 0.567. The number of aromatic nitrogens is 3. The van der Waals surface area contributed by atoms with Crippen LogP contribution < -0.4 is 11.3 Å². The summed E-state index contributed by atoms with van der Waals surface area (Å²) in [5.74, 6) is 6.46. The van der Waals surface area contributed by atoms with Crippen LogP contribution >= 0.6 is 0 Å². The van der Waals surface area contributed by atoms with Crippen molar-refractivity contribution in [2.45, 2.75) is 19.9 Å². The molecule has 1 aromatic carbocycles. The van der Waals surface area contributed by atoms with Crippen LogP contribution in [-0.4, -0.2) is 15.0 Å². The van der Waals surface area contributed by atoms with E-state index in [1.165, 1.54) is 0 Å². The normalized spacial score (nSPS) is 12.5. The van der Waals surface area contributed by atoms with Crippen molar-refractivity contribution in [3.8, 4) is 0 Å². The van der Waals surface area contributed by atoms with Gasteiger partial charge in [-0.25, -0.2) is 15.4 Å². The molecule has 3 N–H and O–H groups in total. The Labute approximate surface area is 123 Å². The molecule has 1 atom stereocenters. The number of nitrogens with two attached hydrogens (primary N) is 1. The number of pyridine rings is 1. The van der Waals surface area contributed by atoms with E-state index >= 15 is 0 Å². The fourth-order valence-corrected chi connectivity index (χ4v) is 2.41. The lowest BCUT2D eigenvalue weighted by molar-refractivity contribution is 0.617. The lowest BCUT2D eigenvalue weighted by atomic mass is 10.0. The number of aryl methyl sites for hydroxylation is 2. The summed E-state index contributed by atoms with van der Waals surface area (Å²) in [6, 6.07) is 11.9. The number of nitrogens with one attached hydrogen (secondary N) is 1. The first-order chi connectivity index (χ1) is 10.2. The average molecular weight is 279 g/mol. The Morgan fingerprint density at radius 2 is 1.90 bits per heavy atom. The molecular weight excluding hydrogens is 262 g/mol. The maximum Gasteiger partial charge on any atom is 0.125 e. The van der Waals surface area contributed by atoms with Gasteiger partial charge >= 0.3 is 0 Å². The molecule has 0 radical (unpaired) electrons. The topological polar surface area (TPSA) is 76.7 Å². The lowest BCUT2D eigenvalue weighted by Gasteiger charge is -2.16. The number of benzene rings is 1. The molecular formula is C16H17N5. The largest absolute Gasteiger partial charge is 0.271 e. The van der Waals surface area contributed by atoms with Crippen LogP contribution in [0.2, 0.25) is 0 Å². The first-order valence-corrected chi connectivity index (χ1v) is 6.80. The Morgan fingerprint density at radius 3 is 2.67 bits per heavy atom. The molecule has 0 aliphatic rings. The number of hydrogen-bond donors (Lipinski definition) is 2. The SMILES string of the molecule is Cc1ccc2cc(C(NN)c3ccnc(C)n3)ccc2n1. The number of hydrogen-bond acceptors (Lipinski definition) is 5. The summed E-state index contributed by atoms with van der Waals surface area (Å²) >= 11 is 0. The van der Waals surface area contributed by atoms with E-state index in [2.05, 4.69) is 32.5 Å². The van der Waals surface area contributed by atoms with E-state index in [1.807, 2.05) is 38.1 Å². The van der Waals surface area contributed by atoms with Crippen molar-refractivity contribution >= 4 is 10.9 Å². The summed E-state index contributed by atoms with van der Waals surface area (Å²) in [6.45, 7) is 3.85. The highest BCUT2D eigenvalue weighted by Crippen LogP contribution is 2.23. The molecule has 0 aliphatic heterocycles. The zero-order chi connectivity index (χ0) is 14.8. The van der Waals surface area contributed by atoms with Crippen LogP contribution in [0.25, 0.3) is 10.9 Å². The highest BCUT2D eigenvalue weighted by atomic mass is 15.2. The van der Waals surface area contributed by atoms with E-state index in [9.17, 15) is 0 Å². The fraction of sp³-hybridized carbons (Fsp3) is 0.188. The second-order valence-electron chi connectivity index (χ2n) is 5.03. The van der Waals surface area contributed by atoms with Crippen LogP contribution in [0, 0.1) is 13.8 Å². The van der Waals surface area contributed by atoms with Gasteiger partial charge in [-0.2, -0.15) is 0 Å². The Bertz CT molecular complexity index is 784. The summed E-state index contributed by atoms with van der Waals surface area (Å²) in [5.41, 5.74) is 6.72. The monoisotopic (exact) mass is 279 g/mol. The molecule has 106 valence electrons. The van der Waals surface area contributed by atoms with Crippen molar-refractivity contribution in [1.82, 2.24) is 20.4 Å². The summed E-state index contributed by atoms with van der Waals surface area (Å²) in [5, 5.41) is 1.09. The zero-order valence-electron chi connectivity index (χ0n) is 12.0. The maximum absolute atomic E-state index is 5.73. The molecule has 0 fully saturated rings. The van der Waals surface area contributed by atoms with Crippen molar-refractivity contribution in [3.05, 3.63) is 65.4 Å². The minimum absolute atomic E-state index is 0.169. The highest BCUT2D eigenvalue weighted by molar-refractivity contribution is 5.79. The molecule has 3 rings (SSSR count). The van der Waals surface area contributed by atoms with Crippen molar-refractivity contribution in [2.75, 3.05) is 0 Å². The molecule has 3 aromatic rings. The molecule has 0 saturated heterocycles. The summed E-state index contributed by atoms with van der Waals surface area (Å²) < 4.78 is 0. The van der Waals surface area contributed by atoms with Gasteiger partial charge in [-0.15, -0.1) is 0 Å². The van der Waals surface area contributed by atoms with Gasteiger partial charge in [0.15, 0.2) is 0 Å². The lowest BCUT2D eigenvalue weighted by Crippen LogP contribution is -2.29. The van der Waals surface area contributed by atoms with Gasteiger partial charge in [0.25, 0.3) is 0 Å². The second kappa shape index (κ2) is 5.55. The van der Waals surface area contributed by atoms with Gasteiger partial charge in [-0.1, -0.05) is 12.1 Å². The molecule has 0 bridgehead atoms. The summed E-state index contributed by atoms with van der Waals surface area (Å²) in [4.78, 5) is 13.1. The number of rotatable bonds is 3. The Morgan fingerprint density at radius 1 is 1.05 bits per heavy atom. The van der Waals surface area contributed by atoms with Crippen LogP contribution in [0.3, 0.4) is 0 Å². The zero-order valence-corrected chi connectivity index (χ0v) is 12.0. The molecule has 0 saturated carbocycles. The Hall–Kier alpha value is -2.37. The number of nitrogens with zero attached hydrogens (tertiary/aromatic N) is 3. The molecule has 5 heteroatoms. The minimum Gasteiger partial charge on any atom is -0.271 e. The molecule has 2 heterocycles.